The molecule has 0 aromatic carbocycles. The van der Waals surface area contributed by atoms with Crippen molar-refractivity contribution in [3.8, 4) is 0 Å². The molecule has 1 N–H and O–H groups in total. The molecular formula is C17H24ClNO2S. The number of hydrogen-bond donors (Lipinski definition) is 1. The lowest BCUT2D eigenvalue weighted by atomic mass is 9.96. The van der Waals surface area contributed by atoms with Crippen LogP contribution in [0.25, 0.3) is 0 Å². The minimum atomic E-state index is 0.000930. The predicted octanol–water partition coefficient (Wildman–Crippen LogP) is 4.84. The first-order valence-corrected chi connectivity index (χ1v) is 9.37. The summed E-state index contributed by atoms with van der Waals surface area (Å²) in [6.07, 6.45) is 7.66. The Morgan fingerprint density at radius 2 is 2.14 bits per heavy atom. The number of carbonyl (C=O) groups is 2. The zero-order valence-electron chi connectivity index (χ0n) is 13.1. The summed E-state index contributed by atoms with van der Waals surface area (Å²) in [5, 5.41) is 3.14. The SMILES string of the molecule is CCCCC1CCCC1NC(=O)CCC(=O)c1ccc(Cl)s1. The second-order valence-corrected chi connectivity index (χ2v) is 7.75. The fourth-order valence-corrected chi connectivity index (χ4v) is 4.14. The fourth-order valence-electron chi connectivity index (χ4n) is 3.13. The summed E-state index contributed by atoms with van der Waals surface area (Å²) >= 11 is 7.10. The van der Waals surface area contributed by atoms with Gasteiger partial charge in [-0.3, -0.25) is 9.59 Å². The number of rotatable bonds is 8. The number of Topliss-reactive ketones (excluding diaryl/α,β-unsaturated/α-hetero) is 1. The van der Waals surface area contributed by atoms with Gasteiger partial charge in [0.25, 0.3) is 0 Å². The minimum absolute atomic E-state index is 0.000930. The molecule has 3 nitrogen and oxygen atoms in total. The Hall–Kier alpha value is -0.870. The maximum atomic E-state index is 12.1. The number of carbonyl (C=O) groups excluding carboxylic acids is 2. The van der Waals surface area contributed by atoms with E-state index < -0.39 is 0 Å². The molecule has 1 aromatic heterocycles. The van der Waals surface area contributed by atoms with Gasteiger partial charge in [0.1, 0.15) is 0 Å². The Labute approximate surface area is 141 Å². The van der Waals surface area contributed by atoms with Crippen molar-refractivity contribution in [2.24, 2.45) is 5.92 Å². The van der Waals surface area contributed by atoms with E-state index in [1.54, 1.807) is 12.1 Å². The molecule has 0 bridgehead atoms. The van der Waals surface area contributed by atoms with Crippen LogP contribution in [-0.2, 0) is 4.79 Å². The molecule has 122 valence electrons. The Morgan fingerprint density at radius 1 is 1.32 bits per heavy atom. The maximum absolute atomic E-state index is 12.1. The van der Waals surface area contributed by atoms with Gasteiger partial charge in [0, 0.05) is 18.9 Å². The Morgan fingerprint density at radius 3 is 2.82 bits per heavy atom. The summed E-state index contributed by atoms with van der Waals surface area (Å²) < 4.78 is 0.609. The molecule has 1 amide bonds. The highest BCUT2D eigenvalue weighted by Gasteiger charge is 2.27. The number of ketones is 1. The molecule has 2 rings (SSSR count). The van der Waals surface area contributed by atoms with Gasteiger partial charge in [-0.2, -0.15) is 0 Å². The molecule has 2 atom stereocenters. The molecule has 0 spiro atoms. The van der Waals surface area contributed by atoms with Crippen LogP contribution >= 0.6 is 22.9 Å². The molecule has 2 unspecified atom stereocenters. The quantitative estimate of drug-likeness (QED) is 0.688. The van der Waals surface area contributed by atoms with Crippen molar-refractivity contribution in [2.45, 2.75) is 64.3 Å². The van der Waals surface area contributed by atoms with Crippen LogP contribution in [0.2, 0.25) is 4.34 Å². The molecule has 5 heteroatoms. The summed E-state index contributed by atoms with van der Waals surface area (Å²) in [4.78, 5) is 24.7. The summed E-state index contributed by atoms with van der Waals surface area (Å²) in [5.41, 5.74) is 0. The largest absolute Gasteiger partial charge is 0.353 e. The van der Waals surface area contributed by atoms with E-state index in [-0.39, 0.29) is 24.5 Å². The molecule has 0 radical (unpaired) electrons. The summed E-state index contributed by atoms with van der Waals surface area (Å²) in [6, 6.07) is 3.76. The van der Waals surface area contributed by atoms with E-state index in [4.69, 9.17) is 11.6 Å². The Balaban J connectivity index is 1.74. The minimum Gasteiger partial charge on any atom is -0.353 e. The molecule has 22 heavy (non-hydrogen) atoms. The van der Waals surface area contributed by atoms with Crippen LogP contribution in [0.15, 0.2) is 12.1 Å². The molecule has 1 aliphatic rings. The fraction of sp³-hybridized carbons (Fsp3) is 0.647. The van der Waals surface area contributed by atoms with E-state index in [1.165, 1.54) is 43.4 Å². The molecular weight excluding hydrogens is 318 g/mol. The van der Waals surface area contributed by atoms with Crippen LogP contribution in [0.3, 0.4) is 0 Å². The number of amides is 1. The van der Waals surface area contributed by atoms with Gasteiger partial charge in [0.05, 0.1) is 9.21 Å². The number of nitrogens with one attached hydrogen (secondary N) is 1. The van der Waals surface area contributed by atoms with Crippen LogP contribution < -0.4 is 5.32 Å². The van der Waals surface area contributed by atoms with Gasteiger partial charge in [0.2, 0.25) is 5.91 Å². The smallest absolute Gasteiger partial charge is 0.220 e. The van der Waals surface area contributed by atoms with Gasteiger partial charge in [-0.1, -0.05) is 37.8 Å². The van der Waals surface area contributed by atoms with Crippen molar-refractivity contribution in [3.63, 3.8) is 0 Å². The van der Waals surface area contributed by atoms with Crippen molar-refractivity contribution in [3.05, 3.63) is 21.3 Å². The monoisotopic (exact) mass is 341 g/mol. The zero-order valence-corrected chi connectivity index (χ0v) is 14.6. The highest BCUT2D eigenvalue weighted by atomic mass is 35.5. The lowest BCUT2D eigenvalue weighted by Gasteiger charge is -2.20. The molecule has 1 heterocycles. The third kappa shape index (κ3) is 5.10. The van der Waals surface area contributed by atoms with Crippen LogP contribution in [-0.4, -0.2) is 17.7 Å². The maximum Gasteiger partial charge on any atom is 0.220 e. The van der Waals surface area contributed by atoms with Gasteiger partial charge in [-0.05, 0) is 37.3 Å². The summed E-state index contributed by atoms with van der Waals surface area (Å²) in [6.45, 7) is 2.20. The first kappa shape index (κ1) is 17.5. The van der Waals surface area contributed by atoms with E-state index >= 15 is 0 Å². The molecule has 1 saturated carbocycles. The van der Waals surface area contributed by atoms with Crippen molar-refractivity contribution in [1.82, 2.24) is 5.32 Å². The van der Waals surface area contributed by atoms with E-state index in [0.717, 1.165) is 6.42 Å². The first-order chi connectivity index (χ1) is 10.6. The molecule has 1 fully saturated rings. The van der Waals surface area contributed by atoms with E-state index in [1.807, 2.05) is 0 Å². The Kier molecular flexibility index (Phi) is 6.90. The van der Waals surface area contributed by atoms with E-state index in [9.17, 15) is 9.59 Å². The average molecular weight is 342 g/mol. The number of thiophene rings is 1. The van der Waals surface area contributed by atoms with Gasteiger partial charge in [-0.25, -0.2) is 0 Å². The molecule has 1 aliphatic carbocycles. The highest BCUT2D eigenvalue weighted by molar-refractivity contribution is 7.18. The normalized spacial score (nSPS) is 21.0. The zero-order chi connectivity index (χ0) is 15.9. The van der Waals surface area contributed by atoms with Crippen molar-refractivity contribution in [2.75, 3.05) is 0 Å². The second kappa shape index (κ2) is 8.68. The van der Waals surface area contributed by atoms with Crippen molar-refractivity contribution < 1.29 is 9.59 Å². The van der Waals surface area contributed by atoms with Gasteiger partial charge >= 0.3 is 0 Å². The van der Waals surface area contributed by atoms with Crippen molar-refractivity contribution in [1.29, 1.82) is 0 Å². The molecule has 1 aromatic rings. The van der Waals surface area contributed by atoms with Gasteiger partial charge in [0.15, 0.2) is 5.78 Å². The summed E-state index contributed by atoms with van der Waals surface area (Å²) in [7, 11) is 0. The lowest BCUT2D eigenvalue weighted by Crippen LogP contribution is -2.37. The second-order valence-electron chi connectivity index (χ2n) is 6.03. The van der Waals surface area contributed by atoms with Crippen molar-refractivity contribution >= 4 is 34.6 Å². The molecule has 0 aliphatic heterocycles. The van der Waals surface area contributed by atoms with Crippen LogP contribution in [0.5, 0.6) is 0 Å². The third-order valence-electron chi connectivity index (χ3n) is 4.36. The summed E-state index contributed by atoms with van der Waals surface area (Å²) in [5.74, 6) is 0.626. The predicted molar refractivity (Wildman–Crippen MR) is 91.7 cm³/mol. The lowest BCUT2D eigenvalue weighted by molar-refractivity contribution is -0.122. The van der Waals surface area contributed by atoms with E-state index in [0.29, 0.717) is 21.2 Å². The van der Waals surface area contributed by atoms with Crippen LogP contribution in [0.1, 0.15) is 68.0 Å². The highest BCUT2D eigenvalue weighted by Crippen LogP contribution is 2.30. The Bertz CT molecular complexity index is 515. The van der Waals surface area contributed by atoms with E-state index in [2.05, 4.69) is 12.2 Å². The first-order valence-electron chi connectivity index (χ1n) is 8.18. The average Bonchev–Trinajstić information content (AvgIpc) is 3.11. The number of unbranched alkanes of at least 4 members (excludes halogenated alkanes) is 1. The molecule has 0 saturated heterocycles. The standard InChI is InChI=1S/C17H24ClNO2S/c1-2-3-5-12-6-4-7-13(12)19-17(21)11-8-14(20)15-9-10-16(18)22-15/h9-10,12-13H,2-8,11H2,1H3,(H,19,21). The van der Waals surface area contributed by atoms with Gasteiger partial charge in [-0.15, -0.1) is 11.3 Å². The van der Waals surface area contributed by atoms with Gasteiger partial charge < -0.3 is 5.32 Å². The topological polar surface area (TPSA) is 46.2 Å². The number of halogens is 1. The van der Waals surface area contributed by atoms with Crippen LogP contribution in [0, 0.1) is 5.92 Å². The third-order valence-corrected chi connectivity index (χ3v) is 5.63. The van der Waals surface area contributed by atoms with Crippen LogP contribution in [0.4, 0.5) is 0 Å². The number of hydrogen-bond acceptors (Lipinski definition) is 3.